The molecule has 9 nitrogen and oxygen atoms in total. The maximum absolute atomic E-state index is 12.9. The van der Waals surface area contributed by atoms with Gasteiger partial charge >= 0.3 is 5.97 Å². The number of pyridine rings is 1. The number of carbonyl (C=O) groups excluding carboxylic acids is 3. The van der Waals surface area contributed by atoms with Crippen molar-refractivity contribution < 1.29 is 23.9 Å². The minimum atomic E-state index is -0.469. The van der Waals surface area contributed by atoms with E-state index in [1.54, 1.807) is 79.2 Å². The summed E-state index contributed by atoms with van der Waals surface area (Å²) < 4.78 is 12.4. The van der Waals surface area contributed by atoms with Gasteiger partial charge in [-0.05, 0) is 55.0 Å². The molecule has 0 saturated heterocycles. The van der Waals surface area contributed by atoms with Crippen LogP contribution in [-0.2, 0) is 20.9 Å². The van der Waals surface area contributed by atoms with Crippen LogP contribution < -0.4 is 15.0 Å². The van der Waals surface area contributed by atoms with Crippen LogP contribution in [0, 0.1) is 6.92 Å². The van der Waals surface area contributed by atoms with Crippen molar-refractivity contribution in [2.45, 2.75) is 13.5 Å². The third-order valence-corrected chi connectivity index (χ3v) is 7.39. The van der Waals surface area contributed by atoms with Crippen LogP contribution in [0.2, 0.25) is 15.2 Å². The van der Waals surface area contributed by atoms with Gasteiger partial charge in [0.05, 0.1) is 35.6 Å². The van der Waals surface area contributed by atoms with E-state index in [1.165, 1.54) is 18.1 Å². The summed E-state index contributed by atoms with van der Waals surface area (Å²) in [5.41, 5.74) is 3.18. The van der Waals surface area contributed by atoms with E-state index >= 15 is 0 Å². The molecule has 0 unspecified atom stereocenters. The standard InChI is InChI=1S/C29H25Cl3N4O5/c1-17-27(32)36-14-4-5-23(28(36)34-17)41-16-20-21(30)11-12-22(26(20)31)35(2)25(38)15-33-24(37)13-8-18-6-9-19(10-7-18)29(39)40-3/h4-14H,15-16H2,1-3H3,(H,33,37). The highest BCUT2D eigenvalue weighted by atomic mass is 35.5. The molecule has 0 atom stereocenters. The van der Waals surface area contributed by atoms with E-state index in [4.69, 9.17) is 39.5 Å². The molecule has 4 aromatic rings. The number of aryl methyl sites for hydroxylation is 1. The summed E-state index contributed by atoms with van der Waals surface area (Å²) in [4.78, 5) is 42.5. The zero-order valence-electron chi connectivity index (χ0n) is 22.3. The van der Waals surface area contributed by atoms with Gasteiger partial charge < -0.3 is 19.7 Å². The number of hydrogen-bond donors (Lipinski definition) is 1. The van der Waals surface area contributed by atoms with Gasteiger partial charge in [-0.15, -0.1) is 0 Å². The van der Waals surface area contributed by atoms with E-state index in [9.17, 15) is 14.4 Å². The summed E-state index contributed by atoms with van der Waals surface area (Å²) in [5, 5.41) is 3.64. The lowest BCUT2D eigenvalue weighted by atomic mass is 10.1. The number of esters is 1. The van der Waals surface area contributed by atoms with E-state index in [-0.39, 0.29) is 18.2 Å². The first-order valence-electron chi connectivity index (χ1n) is 12.2. The van der Waals surface area contributed by atoms with Gasteiger partial charge in [-0.3, -0.25) is 14.0 Å². The van der Waals surface area contributed by atoms with Gasteiger partial charge in [-0.25, -0.2) is 9.78 Å². The number of methoxy groups -OCH3 is 1. The molecule has 0 bridgehead atoms. The fourth-order valence-electron chi connectivity index (χ4n) is 3.86. The van der Waals surface area contributed by atoms with Crippen LogP contribution in [0.5, 0.6) is 5.75 Å². The molecule has 0 spiro atoms. The molecule has 4 rings (SSSR count). The molecule has 1 N–H and O–H groups in total. The average Bonchev–Trinajstić information content (AvgIpc) is 3.27. The van der Waals surface area contributed by atoms with Crippen molar-refractivity contribution in [1.29, 1.82) is 0 Å². The average molecular weight is 616 g/mol. The van der Waals surface area contributed by atoms with Gasteiger partial charge in [-0.2, -0.15) is 0 Å². The first-order valence-corrected chi connectivity index (χ1v) is 13.4. The number of nitrogens with one attached hydrogen (secondary N) is 1. The number of imidazole rings is 1. The Morgan fingerprint density at radius 3 is 2.51 bits per heavy atom. The first-order chi connectivity index (χ1) is 19.6. The zero-order chi connectivity index (χ0) is 29.7. The highest BCUT2D eigenvalue weighted by Crippen LogP contribution is 2.35. The Morgan fingerprint density at radius 1 is 1.07 bits per heavy atom. The number of nitrogens with zero attached hydrogens (tertiary/aromatic N) is 3. The summed E-state index contributed by atoms with van der Waals surface area (Å²) in [7, 11) is 2.85. The molecule has 2 aromatic heterocycles. The van der Waals surface area contributed by atoms with Crippen LogP contribution in [0.1, 0.15) is 27.2 Å². The van der Waals surface area contributed by atoms with Gasteiger partial charge in [0, 0.05) is 29.9 Å². The Balaban J connectivity index is 1.39. The van der Waals surface area contributed by atoms with Crippen molar-refractivity contribution in [3.05, 3.63) is 98.4 Å². The Labute approximate surface area is 251 Å². The minimum absolute atomic E-state index is 0.0128. The van der Waals surface area contributed by atoms with E-state index in [0.29, 0.717) is 49.6 Å². The number of benzene rings is 2. The number of aromatic nitrogens is 2. The van der Waals surface area contributed by atoms with Gasteiger partial charge in [0.25, 0.3) is 0 Å². The Kier molecular flexibility index (Phi) is 9.54. The quantitative estimate of drug-likeness (QED) is 0.190. The van der Waals surface area contributed by atoms with Crippen molar-refractivity contribution in [2.75, 3.05) is 25.6 Å². The predicted molar refractivity (Wildman–Crippen MR) is 159 cm³/mol. The molecule has 41 heavy (non-hydrogen) atoms. The molecule has 0 aliphatic rings. The van der Waals surface area contributed by atoms with Crippen molar-refractivity contribution in [2.24, 2.45) is 0 Å². The lowest BCUT2D eigenvalue weighted by Gasteiger charge is -2.21. The molecule has 0 fully saturated rings. The highest BCUT2D eigenvalue weighted by molar-refractivity contribution is 6.38. The number of likely N-dealkylation sites (N-methyl/N-ethyl adjacent to an activating group) is 1. The number of rotatable bonds is 9. The normalized spacial score (nSPS) is 11.1. The summed E-state index contributed by atoms with van der Waals surface area (Å²) in [6.07, 6.45) is 4.64. The Hall–Kier alpha value is -4.05. The molecule has 2 amide bonds. The third kappa shape index (κ3) is 6.82. The first kappa shape index (κ1) is 29.9. The number of ether oxygens (including phenoxy) is 2. The van der Waals surface area contributed by atoms with Crippen LogP contribution in [0.25, 0.3) is 11.7 Å². The topological polar surface area (TPSA) is 102 Å². The lowest BCUT2D eigenvalue weighted by molar-refractivity contribution is -0.122. The van der Waals surface area contributed by atoms with Crippen LogP contribution >= 0.6 is 34.8 Å². The molecule has 12 heteroatoms. The molecule has 212 valence electrons. The van der Waals surface area contributed by atoms with Gasteiger partial charge in [-0.1, -0.05) is 46.9 Å². The van der Waals surface area contributed by atoms with Crippen LogP contribution in [0.4, 0.5) is 5.69 Å². The van der Waals surface area contributed by atoms with Gasteiger partial charge in [0.15, 0.2) is 11.4 Å². The number of hydrogen-bond acceptors (Lipinski definition) is 6. The van der Waals surface area contributed by atoms with Crippen molar-refractivity contribution >= 4 is 70.0 Å². The molecule has 0 radical (unpaired) electrons. The summed E-state index contributed by atoms with van der Waals surface area (Å²) >= 11 is 19.4. The Morgan fingerprint density at radius 2 is 1.80 bits per heavy atom. The van der Waals surface area contributed by atoms with E-state index in [0.717, 1.165) is 0 Å². The fraction of sp³-hybridized carbons (Fsp3) is 0.172. The van der Waals surface area contributed by atoms with Crippen LogP contribution in [0.15, 0.2) is 60.8 Å². The second-order valence-corrected chi connectivity index (χ2v) is 9.96. The molecule has 2 aromatic carbocycles. The molecular weight excluding hydrogens is 591 g/mol. The summed E-state index contributed by atoms with van der Waals surface area (Å²) in [5.74, 6) is -0.838. The van der Waals surface area contributed by atoms with Crippen LogP contribution in [-0.4, -0.2) is 47.9 Å². The van der Waals surface area contributed by atoms with Gasteiger partial charge in [0.1, 0.15) is 11.8 Å². The summed E-state index contributed by atoms with van der Waals surface area (Å²) in [6.45, 7) is 1.54. The maximum atomic E-state index is 12.9. The minimum Gasteiger partial charge on any atom is -0.485 e. The van der Waals surface area contributed by atoms with Crippen molar-refractivity contribution in [1.82, 2.24) is 14.7 Å². The maximum Gasteiger partial charge on any atom is 0.337 e. The largest absolute Gasteiger partial charge is 0.485 e. The smallest absolute Gasteiger partial charge is 0.337 e. The molecule has 0 saturated carbocycles. The van der Waals surface area contributed by atoms with Crippen molar-refractivity contribution in [3.63, 3.8) is 0 Å². The second kappa shape index (κ2) is 13.1. The SMILES string of the molecule is COC(=O)c1ccc(C=CC(=O)NCC(=O)N(C)c2ccc(Cl)c(COc3cccn4c(Cl)c(C)nc34)c2Cl)cc1. The Bertz CT molecular complexity index is 1650. The highest BCUT2D eigenvalue weighted by Gasteiger charge is 2.20. The van der Waals surface area contributed by atoms with Gasteiger partial charge in [0.2, 0.25) is 11.8 Å². The second-order valence-electron chi connectivity index (χ2n) is 8.82. The number of fused-ring (bicyclic) bond motifs is 1. The molecule has 2 heterocycles. The lowest BCUT2D eigenvalue weighted by Crippen LogP contribution is -2.37. The van der Waals surface area contributed by atoms with E-state index < -0.39 is 17.8 Å². The third-order valence-electron chi connectivity index (χ3n) is 6.16. The van der Waals surface area contributed by atoms with E-state index in [2.05, 4.69) is 15.0 Å². The number of carbonyl (C=O) groups is 3. The number of anilines is 1. The van der Waals surface area contributed by atoms with Crippen LogP contribution in [0.3, 0.4) is 0 Å². The molecule has 0 aliphatic heterocycles. The fourth-order valence-corrected chi connectivity index (χ4v) is 4.65. The monoisotopic (exact) mass is 614 g/mol. The zero-order valence-corrected chi connectivity index (χ0v) is 24.5. The number of amides is 2. The van der Waals surface area contributed by atoms with E-state index in [1.807, 2.05) is 0 Å². The molecular formula is C29H25Cl3N4O5. The molecule has 0 aliphatic carbocycles. The predicted octanol–water partition coefficient (Wildman–Crippen LogP) is 5.76. The van der Waals surface area contributed by atoms with Crippen molar-refractivity contribution in [3.8, 4) is 5.75 Å². The number of halogens is 3. The summed E-state index contributed by atoms with van der Waals surface area (Å²) in [6, 6.07) is 13.3.